The summed E-state index contributed by atoms with van der Waals surface area (Å²) >= 11 is 5.85. The molecule has 1 atom stereocenters. The summed E-state index contributed by atoms with van der Waals surface area (Å²) in [6.45, 7) is 1.81. The van der Waals surface area contributed by atoms with Crippen molar-refractivity contribution in [1.29, 1.82) is 0 Å². The van der Waals surface area contributed by atoms with Crippen LogP contribution in [0, 0.1) is 5.82 Å². The van der Waals surface area contributed by atoms with Gasteiger partial charge in [-0.25, -0.2) is 4.39 Å². The maximum absolute atomic E-state index is 13.7. The van der Waals surface area contributed by atoms with Gasteiger partial charge in [-0.2, -0.15) is 0 Å². The van der Waals surface area contributed by atoms with Gasteiger partial charge < -0.3 is 15.2 Å². The fraction of sp³-hybridized carbons (Fsp3) is 0.200. The van der Waals surface area contributed by atoms with Crippen LogP contribution >= 0.6 is 11.6 Å². The average molecular weight is 296 g/mol. The number of nitrogens with one attached hydrogen (secondary N) is 1. The van der Waals surface area contributed by atoms with E-state index in [1.165, 1.54) is 18.2 Å². The first-order valence-electron chi connectivity index (χ1n) is 6.09. The largest absolute Gasteiger partial charge is 0.508 e. The molecule has 0 amide bonds. The molecule has 0 saturated heterocycles. The first-order chi connectivity index (χ1) is 9.51. The summed E-state index contributed by atoms with van der Waals surface area (Å²) in [5, 5.41) is 13.3. The zero-order valence-electron chi connectivity index (χ0n) is 11.2. The van der Waals surface area contributed by atoms with E-state index in [4.69, 9.17) is 16.3 Å². The van der Waals surface area contributed by atoms with E-state index in [0.717, 1.165) is 0 Å². The highest BCUT2D eigenvalue weighted by Crippen LogP contribution is 2.31. The molecule has 0 bridgehead atoms. The van der Waals surface area contributed by atoms with Gasteiger partial charge in [0.05, 0.1) is 18.8 Å². The third kappa shape index (κ3) is 3.14. The number of anilines is 1. The molecule has 5 heteroatoms. The minimum absolute atomic E-state index is 0.119. The van der Waals surface area contributed by atoms with Crippen molar-refractivity contribution in [1.82, 2.24) is 0 Å². The van der Waals surface area contributed by atoms with Crippen LogP contribution in [0.25, 0.3) is 0 Å². The highest BCUT2D eigenvalue weighted by Gasteiger charge is 2.13. The van der Waals surface area contributed by atoms with Gasteiger partial charge in [0.1, 0.15) is 17.3 Å². The van der Waals surface area contributed by atoms with E-state index in [1.807, 2.05) is 6.92 Å². The number of methoxy groups -OCH3 is 1. The van der Waals surface area contributed by atoms with Crippen molar-refractivity contribution in [3.63, 3.8) is 0 Å². The number of phenolic OH excluding ortho intramolecular Hbond substituents is 1. The molecular weight excluding hydrogens is 281 g/mol. The number of hydrogen-bond acceptors (Lipinski definition) is 3. The topological polar surface area (TPSA) is 41.5 Å². The van der Waals surface area contributed by atoms with Gasteiger partial charge in [0.2, 0.25) is 0 Å². The zero-order valence-corrected chi connectivity index (χ0v) is 11.9. The summed E-state index contributed by atoms with van der Waals surface area (Å²) in [4.78, 5) is 0. The summed E-state index contributed by atoms with van der Waals surface area (Å²) in [5.41, 5.74) is 0.899. The number of benzene rings is 2. The van der Waals surface area contributed by atoms with Gasteiger partial charge in [-0.05, 0) is 43.3 Å². The lowest BCUT2D eigenvalue weighted by Gasteiger charge is -2.18. The van der Waals surface area contributed by atoms with Crippen molar-refractivity contribution < 1.29 is 14.2 Å². The zero-order chi connectivity index (χ0) is 14.7. The van der Waals surface area contributed by atoms with Crippen LogP contribution in [0.4, 0.5) is 10.1 Å². The molecule has 106 valence electrons. The molecule has 0 aromatic heterocycles. The molecule has 2 rings (SSSR count). The van der Waals surface area contributed by atoms with Crippen LogP contribution in [0.2, 0.25) is 5.02 Å². The SMILES string of the molecule is COc1ccc(O)c(C(C)Nc2cc(Cl)ccc2F)c1. The highest BCUT2D eigenvalue weighted by molar-refractivity contribution is 6.30. The van der Waals surface area contributed by atoms with Crippen LogP contribution in [-0.4, -0.2) is 12.2 Å². The lowest BCUT2D eigenvalue weighted by atomic mass is 10.1. The van der Waals surface area contributed by atoms with E-state index in [9.17, 15) is 9.50 Å². The molecule has 0 saturated carbocycles. The monoisotopic (exact) mass is 295 g/mol. The van der Waals surface area contributed by atoms with Crippen molar-refractivity contribution in [3.8, 4) is 11.5 Å². The Hall–Kier alpha value is -1.94. The first kappa shape index (κ1) is 14.5. The third-order valence-electron chi connectivity index (χ3n) is 3.00. The molecule has 1 unspecified atom stereocenters. The highest BCUT2D eigenvalue weighted by atomic mass is 35.5. The van der Waals surface area contributed by atoms with E-state index in [-0.39, 0.29) is 17.5 Å². The minimum atomic E-state index is -0.399. The molecule has 2 aromatic rings. The molecule has 0 fully saturated rings. The maximum Gasteiger partial charge on any atom is 0.146 e. The number of ether oxygens (including phenoxy) is 1. The molecule has 2 aromatic carbocycles. The molecular formula is C15H15ClFNO2. The molecule has 0 aliphatic carbocycles. The average Bonchev–Trinajstić information content (AvgIpc) is 2.43. The van der Waals surface area contributed by atoms with Crippen molar-refractivity contribution in [2.24, 2.45) is 0 Å². The Bertz CT molecular complexity index is 619. The Balaban J connectivity index is 2.27. The van der Waals surface area contributed by atoms with Crippen LogP contribution in [0.3, 0.4) is 0 Å². The summed E-state index contributed by atoms with van der Waals surface area (Å²) in [6.07, 6.45) is 0. The molecule has 0 aliphatic heterocycles. The molecule has 0 spiro atoms. The Morgan fingerprint density at radius 3 is 2.70 bits per heavy atom. The second kappa shape index (κ2) is 6.01. The first-order valence-corrected chi connectivity index (χ1v) is 6.47. The normalized spacial score (nSPS) is 12.0. The molecule has 0 heterocycles. The molecule has 0 radical (unpaired) electrons. The van der Waals surface area contributed by atoms with Gasteiger partial charge in [0.25, 0.3) is 0 Å². The van der Waals surface area contributed by atoms with Crippen LogP contribution in [-0.2, 0) is 0 Å². The number of halogens is 2. The summed E-state index contributed by atoms with van der Waals surface area (Å²) in [5.74, 6) is 0.342. The number of hydrogen-bond donors (Lipinski definition) is 2. The minimum Gasteiger partial charge on any atom is -0.508 e. The van der Waals surface area contributed by atoms with Crippen molar-refractivity contribution >= 4 is 17.3 Å². The van der Waals surface area contributed by atoms with Crippen LogP contribution in [0.15, 0.2) is 36.4 Å². The van der Waals surface area contributed by atoms with Crippen molar-refractivity contribution in [3.05, 3.63) is 52.8 Å². The Kier molecular flexibility index (Phi) is 4.35. The molecule has 2 N–H and O–H groups in total. The smallest absolute Gasteiger partial charge is 0.146 e. The quantitative estimate of drug-likeness (QED) is 0.880. The summed E-state index contributed by atoms with van der Waals surface area (Å²) in [7, 11) is 1.55. The molecule has 20 heavy (non-hydrogen) atoms. The van der Waals surface area contributed by atoms with Gasteiger partial charge in [0.15, 0.2) is 0 Å². The lowest BCUT2D eigenvalue weighted by molar-refractivity contribution is 0.410. The van der Waals surface area contributed by atoms with Gasteiger partial charge in [-0.15, -0.1) is 0 Å². The van der Waals surface area contributed by atoms with E-state index in [0.29, 0.717) is 16.3 Å². The number of aromatic hydroxyl groups is 1. The fourth-order valence-corrected chi connectivity index (χ4v) is 2.10. The fourth-order valence-electron chi connectivity index (χ4n) is 1.93. The van der Waals surface area contributed by atoms with E-state index in [1.54, 1.807) is 25.3 Å². The van der Waals surface area contributed by atoms with Crippen molar-refractivity contribution in [2.75, 3.05) is 12.4 Å². The van der Waals surface area contributed by atoms with Crippen molar-refractivity contribution in [2.45, 2.75) is 13.0 Å². The van der Waals surface area contributed by atoms with Gasteiger partial charge >= 0.3 is 0 Å². The summed E-state index contributed by atoms with van der Waals surface area (Å²) in [6, 6.07) is 8.88. The van der Waals surface area contributed by atoms with Gasteiger partial charge in [0, 0.05) is 10.6 Å². The Morgan fingerprint density at radius 2 is 2.00 bits per heavy atom. The molecule has 3 nitrogen and oxygen atoms in total. The van der Waals surface area contributed by atoms with Crippen LogP contribution in [0.5, 0.6) is 11.5 Å². The third-order valence-corrected chi connectivity index (χ3v) is 3.24. The second-order valence-electron chi connectivity index (χ2n) is 4.41. The van der Waals surface area contributed by atoms with Crippen LogP contribution in [0.1, 0.15) is 18.5 Å². The van der Waals surface area contributed by atoms with E-state index in [2.05, 4.69) is 5.32 Å². The maximum atomic E-state index is 13.7. The number of rotatable bonds is 4. The predicted molar refractivity (Wildman–Crippen MR) is 78.1 cm³/mol. The second-order valence-corrected chi connectivity index (χ2v) is 4.85. The van der Waals surface area contributed by atoms with Gasteiger partial charge in [-0.1, -0.05) is 11.6 Å². The van der Waals surface area contributed by atoms with E-state index >= 15 is 0 Å². The van der Waals surface area contributed by atoms with E-state index < -0.39 is 5.82 Å². The predicted octanol–water partition coefficient (Wildman–Crippen LogP) is 4.37. The molecule has 0 aliphatic rings. The number of phenols is 1. The lowest BCUT2D eigenvalue weighted by Crippen LogP contribution is -2.08. The summed E-state index contributed by atoms with van der Waals surface area (Å²) < 4.78 is 18.8. The Labute approximate surface area is 122 Å². The van der Waals surface area contributed by atoms with Crippen LogP contribution < -0.4 is 10.1 Å². The standard InChI is InChI=1S/C15H15ClFNO2/c1-9(12-8-11(20-2)4-6-15(12)19)18-14-7-10(16)3-5-13(14)17/h3-9,18-19H,1-2H3. The Morgan fingerprint density at radius 1 is 1.25 bits per heavy atom. The van der Waals surface area contributed by atoms with Gasteiger partial charge in [-0.3, -0.25) is 0 Å².